The van der Waals surface area contributed by atoms with Crippen molar-refractivity contribution in [2.45, 2.75) is 26.9 Å². The zero-order chi connectivity index (χ0) is 10.6. The highest BCUT2D eigenvalue weighted by Crippen LogP contribution is 2.08. The van der Waals surface area contributed by atoms with Gasteiger partial charge in [0.15, 0.2) is 0 Å². The van der Waals surface area contributed by atoms with Gasteiger partial charge in [0.05, 0.1) is 6.10 Å². The van der Waals surface area contributed by atoms with Gasteiger partial charge in [0.25, 0.3) is 0 Å². The summed E-state index contributed by atoms with van der Waals surface area (Å²) >= 11 is 0. The van der Waals surface area contributed by atoms with Crippen molar-refractivity contribution in [2.24, 2.45) is 0 Å². The third kappa shape index (κ3) is 3.47. The summed E-state index contributed by atoms with van der Waals surface area (Å²) < 4.78 is 10.2. The molecule has 0 amide bonds. The minimum atomic E-state index is -0.353. The lowest BCUT2D eigenvalue weighted by atomic mass is 10.4. The Bertz CT molecular complexity index is 334. The largest absolute Gasteiger partial charge is 0.462 e. The number of rotatable bonds is 3. The van der Waals surface area contributed by atoms with Gasteiger partial charge in [-0.15, -0.1) is 0 Å². The highest BCUT2D eigenvalue weighted by molar-refractivity contribution is 5.86. The lowest BCUT2D eigenvalue weighted by Gasteiger charge is -2.03. The van der Waals surface area contributed by atoms with Gasteiger partial charge in [0.1, 0.15) is 11.5 Å². The predicted molar refractivity (Wildman–Crippen MR) is 53.7 cm³/mol. The van der Waals surface area contributed by atoms with Crippen LogP contribution in [0, 0.1) is 6.92 Å². The molecule has 0 bridgehead atoms. The van der Waals surface area contributed by atoms with Crippen LogP contribution in [0.4, 0.5) is 0 Å². The van der Waals surface area contributed by atoms with Crippen LogP contribution in [0.1, 0.15) is 25.4 Å². The Morgan fingerprint density at radius 1 is 1.50 bits per heavy atom. The van der Waals surface area contributed by atoms with Crippen LogP contribution in [0.2, 0.25) is 0 Å². The average molecular weight is 194 g/mol. The molecule has 0 atom stereocenters. The molecule has 0 saturated carbocycles. The Labute approximate surface area is 83.4 Å². The summed E-state index contributed by atoms with van der Waals surface area (Å²) in [4.78, 5) is 11.1. The van der Waals surface area contributed by atoms with Crippen molar-refractivity contribution in [1.82, 2.24) is 0 Å². The Morgan fingerprint density at radius 2 is 2.21 bits per heavy atom. The van der Waals surface area contributed by atoms with Gasteiger partial charge in [-0.1, -0.05) is 0 Å². The van der Waals surface area contributed by atoms with Gasteiger partial charge < -0.3 is 9.15 Å². The monoisotopic (exact) mass is 194 g/mol. The molecule has 0 unspecified atom stereocenters. The van der Waals surface area contributed by atoms with E-state index < -0.39 is 0 Å². The number of hydrogen-bond acceptors (Lipinski definition) is 3. The van der Waals surface area contributed by atoms with Crippen LogP contribution in [-0.4, -0.2) is 12.1 Å². The van der Waals surface area contributed by atoms with E-state index in [1.165, 1.54) is 6.08 Å². The second-order valence-electron chi connectivity index (χ2n) is 3.27. The number of ether oxygens (including phenoxy) is 1. The van der Waals surface area contributed by atoms with E-state index in [9.17, 15) is 4.79 Å². The third-order valence-electron chi connectivity index (χ3n) is 1.50. The van der Waals surface area contributed by atoms with Gasteiger partial charge in [-0.05, 0) is 39.0 Å². The van der Waals surface area contributed by atoms with Crippen molar-refractivity contribution < 1.29 is 13.9 Å². The van der Waals surface area contributed by atoms with Crippen LogP contribution in [0.15, 0.2) is 22.6 Å². The first-order valence-corrected chi connectivity index (χ1v) is 4.53. The number of aryl methyl sites for hydroxylation is 1. The molecule has 0 spiro atoms. The normalized spacial score (nSPS) is 11.1. The fraction of sp³-hybridized carbons (Fsp3) is 0.364. The molecule has 0 aliphatic rings. The molecule has 1 aromatic rings. The number of carbonyl (C=O) groups excluding carboxylic acids is 1. The van der Waals surface area contributed by atoms with Crippen molar-refractivity contribution in [2.75, 3.05) is 0 Å². The maximum atomic E-state index is 11.1. The van der Waals surface area contributed by atoms with Gasteiger partial charge >= 0.3 is 5.97 Å². The van der Waals surface area contributed by atoms with Crippen molar-refractivity contribution >= 4 is 12.0 Å². The summed E-state index contributed by atoms with van der Waals surface area (Å²) in [6.07, 6.45) is 2.86. The fourth-order valence-electron chi connectivity index (χ4n) is 0.965. The molecule has 0 N–H and O–H groups in total. The molecule has 3 nitrogen and oxygen atoms in total. The molecule has 0 aliphatic heterocycles. The highest BCUT2D eigenvalue weighted by Gasteiger charge is 2.00. The van der Waals surface area contributed by atoms with E-state index in [0.29, 0.717) is 5.76 Å². The van der Waals surface area contributed by atoms with Crippen LogP contribution in [0.3, 0.4) is 0 Å². The zero-order valence-corrected chi connectivity index (χ0v) is 8.61. The van der Waals surface area contributed by atoms with Crippen molar-refractivity contribution in [1.29, 1.82) is 0 Å². The van der Waals surface area contributed by atoms with Crippen molar-refractivity contribution in [3.05, 3.63) is 29.7 Å². The molecular weight excluding hydrogens is 180 g/mol. The standard InChI is InChI=1S/C11H14O3/c1-8(2)13-11(12)7-6-10-5-4-9(3)14-10/h4-8H,1-3H3/b7-6+. The zero-order valence-electron chi connectivity index (χ0n) is 8.61. The van der Waals surface area contributed by atoms with Gasteiger partial charge in [0, 0.05) is 6.08 Å². The van der Waals surface area contributed by atoms with E-state index >= 15 is 0 Å². The lowest BCUT2D eigenvalue weighted by molar-refractivity contribution is -0.141. The molecule has 0 fully saturated rings. The van der Waals surface area contributed by atoms with E-state index in [2.05, 4.69) is 0 Å². The second kappa shape index (κ2) is 4.65. The van der Waals surface area contributed by atoms with Gasteiger partial charge in [-0.3, -0.25) is 0 Å². The third-order valence-corrected chi connectivity index (χ3v) is 1.50. The molecule has 1 aromatic heterocycles. The summed E-state index contributed by atoms with van der Waals surface area (Å²) in [5.74, 6) is 1.12. The molecule has 0 aromatic carbocycles. The summed E-state index contributed by atoms with van der Waals surface area (Å²) in [6, 6.07) is 3.64. The molecule has 0 saturated heterocycles. The summed E-state index contributed by atoms with van der Waals surface area (Å²) in [7, 11) is 0. The van der Waals surface area contributed by atoms with Crippen LogP contribution < -0.4 is 0 Å². The number of furan rings is 1. The first kappa shape index (κ1) is 10.6. The number of carbonyl (C=O) groups is 1. The Morgan fingerprint density at radius 3 is 2.71 bits per heavy atom. The van der Waals surface area contributed by atoms with Crippen molar-refractivity contribution in [3.8, 4) is 0 Å². The van der Waals surface area contributed by atoms with Crippen LogP contribution in [-0.2, 0) is 9.53 Å². The minimum Gasteiger partial charge on any atom is -0.462 e. The Balaban J connectivity index is 2.51. The first-order chi connectivity index (χ1) is 6.58. The molecular formula is C11H14O3. The first-order valence-electron chi connectivity index (χ1n) is 4.53. The summed E-state index contributed by atoms with van der Waals surface area (Å²) in [5, 5.41) is 0. The highest BCUT2D eigenvalue weighted by atomic mass is 16.5. The molecule has 1 heterocycles. The van der Waals surface area contributed by atoms with Gasteiger partial charge in [-0.25, -0.2) is 4.79 Å². The number of hydrogen-bond donors (Lipinski definition) is 0. The van der Waals surface area contributed by atoms with Crippen LogP contribution in [0.5, 0.6) is 0 Å². The van der Waals surface area contributed by atoms with E-state index in [0.717, 1.165) is 5.76 Å². The number of esters is 1. The summed E-state index contributed by atoms with van der Waals surface area (Å²) in [5.41, 5.74) is 0. The SMILES string of the molecule is Cc1ccc(/C=C/C(=O)OC(C)C)o1. The van der Waals surface area contributed by atoms with E-state index in [-0.39, 0.29) is 12.1 Å². The Kier molecular flexibility index (Phi) is 3.51. The molecule has 76 valence electrons. The van der Waals surface area contributed by atoms with Gasteiger partial charge in [-0.2, -0.15) is 0 Å². The lowest BCUT2D eigenvalue weighted by Crippen LogP contribution is -2.08. The van der Waals surface area contributed by atoms with Crippen LogP contribution in [0.25, 0.3) is 6.08 Å². The quantitative estimate of drug-likeness (QED) is 0.548. The van der Waals surface area contributed by atoms with Crippen molar-refractivity contribution in [3.63, 3.8) is 0 Å². The smallest absolute Gasteiger partial charge is 0.331 e. The maximum absolute atomic E-state index is 11.1. The predicted octanol–water partition coefficient (Wildman–Crippen LogP) is 2.55. The topological polar surface area (TPSA) is 39.4 Å². The molecule has 1 rings (SSSR count). The summed E-state index contributed by atoms with van der Waals surface area (Å²) in [6.45, 7) is 5.47. The van der Waals surface area contributed by atoms with Crippen LogP contribution >= 0.6 is 0 Å². The minimum absolute atomic E-state index is 0.0921. The van der Waals surface area contributed by atoms with E-state index in [4.69, 9.17) is 9.15 Å². The molecule has 14 heavy (non-hydrogen) atoms. The molecule has 0 aliphatic carbocycles. The molecule has 0 radical (unpaired) electrons. The maximum Gasteiger partial charge on any atom is 0.331 e. The van der Waals surface area contributed by atoms with E-state index in [1.54, 1.807) is 12.1 Å². The molecule has 3 heteroatoms. The Hall–Kier alpha value is -1.51. The second-order valence-corrected chi connectivity index (χ2v) is 3.27. The van der Waals surface area contributed by atoms with E-state index in [1.807, 2.05) is 26.8 Å². The van der Waals surface area contributed by atoms with Gasteiger partial charge in [0.2, 0.25) is 0 Å². The average Bonchev–Trinajstić information content (AvgIpc) is 2.47. The fourth-order valence-corrected chi connectivity index (χ4v) is 0.965.